The molecule has 1 atom stereocenters. The number of unbranched alkanes of at least 4 members (excludes halogenated alkanes) is 1. The van der Waals surface area contributed by atoms with Gasteiger partial charge in [-0.05, 0) is 18.8 Å². The van der Waals surface area contributed by atoms with Crippen LogP contribution in [0.15, 0.2) is 25.6 Å². The van der Waals surface area contributed by atoms with E-state index in [-0.39, 0.29) is 0 Å². The number of carbonyl (C=O) groups is 1. The lowest BCUT2D eigenvalue weighted by molar-refractivity contribution is -0.141. The third-order valence-electron chi connectivity index (χ3n) is 1.90. The van der Waals surface area contributed by atoms with Crippen LogP contribution >= 0.6 is 0 Å². The summed E-state index contributed by atoms with van der Waals surface area (Å²) in [6, 6.07) is -0.519. The molecule has 0 aliphatic rings. The molecule has 1 N–H and O–H groups in total. The van der Waals surface area contributed by atoms with Crippen LogP contribution in [0.2, 0.25) is 0 Å². The third-order valence-corrected chi connectivity index (χ3v) is 1.90. The maximum Gasteiger partial charge on any atom is 0.326 e. The minimum Gasteiger partial charge on any atom is -0.480 e. The molecule has 0 rings (SSSR count). The lowest BCUT2D eigenvalue weighted by Crippen LogP contribution is -2.33. The first-order chi connectivity index (χ1) is 6.17. The van der Waals surface area contributed by atoms with Gasteiger partial charge >= 0.3 is 5.97 Å². The van der Waals surface area contributed by atoms with Crippen molar-refractivity contribution in [3.05, 3.63) is 25.6 Å². The molecular weight excluding hydrogens is 166 g/mol. The Kier molecular flexibility index (Phi) is 5.68. The monoisotopic (exact) mass is 183 g/mol. The van der Waals surface area contributed by atoms with E-state index in [0.29, 0.717) is 6.42 Å². The van der Waals surface area contributed by atoms with Gasteiger partial charge in [0, 0.05) is 0 Å². The molecule has 0 aliphatic heterocycles. The number of hydrogen-bond acceptors (Lipinski definition) is 2. The Hall–Kier alpha value is -1.25. The van der Waals surface area contributed by atoms with Gasteiger partial charge in [-0.2, -0.15) is 0 Å². The summed E-state index contributed by atoms with van der Waals surface area (Å²) in [4.78, 5) is 12.4. The molecule has 0 aromatic carbocycles. The van der Waals surface area contributed by atoms with E-state index in [1.165, 1.54) is 17.3 Å². The summed E-state index contributed by atoms with van der Waals surface area (Å²) in [5.41, 5.74) is 0. The van der Waals surface area contributed by atoms with E-state index in [4.69, 9.17) is 5.11 Å². The van der Waals surface area contributed by atoms with Gasteiger partial charge in [-0.25, -0.2) is 4.79 Å². The molecule has 0 saturated carbocycles. The Morgan fingerprint density at radius 2 is 2.08 bits per heavy atom. The van der Waals surface area contributed by atoms with Gasteiger partial charge in [-0.1, -0.05) is 32.9 Å². The molecule has 13 heavy (non-hydrogen) atoms. The topological polar surface area (TPSA) is 40.5 Å². The molecule has 3 heteroatoms. The van der Waals surface area contributed by atoms with Crippen molar-refractivity contribution in [3.8, 4) is 0 Å². The zero-order valence-electron chi connectivity index (χ0n) is 8.07. The van der Waals surface area contributed by atoms with Gasteiger partial charge < -0.3 is 10.0 Å². The highest BCUT2D eigenvalue weighted by Gasteiger charge is 2.19. The fourth-order valence-electron chi connectivity index (χ4n) is 1.13. The summed E-state index contributed by atoms with van der Waals surface area (Å²) in [6.07, 6.45) is 5.49. The minimum atomic E-state index is -0.826. The standard InChI is InChI=1S/C10H17NO2/c1-4-7-8-9(10(12)13)11(5-2)6-3/h5-6,9H,2-4,7-8H2,1H3,(H,12,13)/t9-/m0/s1. The second-order valence-corrected chi connectivity index (χ2v) is 2.81. The molecule has 0 unspecified atom stereocenters. The average Bonchev–Trinajstić information content (AvgIpc) is 2.11. The van der Waals surface area contributed by atoms with Gasteiger partial charge in [0.05, 0.1) is 0 Å². The fraction of sp³-hybridized carbons (Fsp3) is 0.500. The van der Waals surface area contributed by atoms with E-state index in [2.05, 4.69) is 13.2 Å². The molecule has 0 bridgehead atoms. The van der Waals surface area contributed by atoms with Gasteiger partial charge in [0.15, 0.2) is 0 Å². The number of hydrogen-bond donors (Lipinski definition) is 1. The van der Waals surface area contributed by atoms with E-state index in [1.807, 2.05) is 6.92 Å². The third kappa shape index (κ3) is 3.78. The van der Waals surface area contributed by atoms with Crippen LogP contribution in [0.5, 0.6) is 0 Å². The van der Waals surface area contributed by atoms with Gasteiger partial charge in [-0.3, -0.25) is 0 Å². The van der Waals surface area contributed by atoms with E-state index in [1.54, 1.807) is 0 Å². The SMILES string of the molecule is C=CN(C=C)[C@@H](CCCC)C(=O)O. The molecule has 0 heterocycles. The maximum absolute atomic E-state index is 10.8. The Balaban J connectivity index is 4.29. The molecule has 0 radical (unpaired) electrons. The van der Waals surface area contributed by atoms with Crippen molar-refractivity contribution >= 4 is 5.97 Å². The number of aliphatic carboxylic acids is 1. The molecule has 0 fully saturated rings. The van der Waals surface area contributed by atoms with Crippen LogP contribution in [0.4, 0.5) is 0 Å². The quantitative estimate of drug-likeness (QED) is 0.658. The molecule has 0 aromatic rings. The van der Waals surface area contributed by atoms with Crippen LogP contribution in [0, 0.1) is 0 Å². The summed E-state index contributed by atoms with van der Waals surface area (Å²) in [5.74, 6) is -0.826. The second kappa shape index (κ2) is 6.29. The highest BCUT2D eigenvalue weighted by atomic mass is 16.4. The van der Waals surface area contributed by atoms with Crippen molar-refractivity contribution in [2.75, 3.05) is 0 Å². The summed E-state index contributed by atoms with van der Waals surface area (Å²) >= 11 is 0. The van der Waals surface area contributed by atoms with E-state index in [9.17, 15) is 4.79 Å². The number of carboxylic acids is 1. The van der Waals surface area contributed by atoms with Crippen LogP contribution in [0.25, 0.3) is 0 Å². The zero-order chi connectivity index (χ0) is 10.3. The van der Waals surface area contributed by atoms with Crippen LogP contribution in [0.1, 0.15) is 26.2 Å². The van der Waals surface area contributed by atoms with Crippen molar-refractivity contribution in [2.24, 2.45) is 0 Å². The van der Waals surface area contributed by atoms with Gasteiger partial charge in [0.1, 0.15) is 6.04 Å². The molecule has 74 valence electrons. The van der Waals surface area contributed by atoms with E-state index < -0.39 is 12.0 Å². The summed E-state index contributed by atoms with van der Waals surface area (Å²) in [7, 11) is 0. The second-order valence-electron chi connectivity index (χ2n) is 2.81. The van der Waals surface area contributed by atoms with E-state index in [0.717, 1.165) is 12.8 Å². The highest BCUT2D eigenvalue weighted by molar-refractivity contribution is 5.73. The van der Waals surface area contributed by atoms with Crippen molar-refractivity contribution in [1.29, 1.82) is 0 Å². The van der Waals surface area contributed by atoms with Crippen LogP contribution in [-0.4, -0.2) is 22.0 Å². The summed E-state index contributed by atoms with van der Waals surface area (Å²) < 4.78 is 0. The highest BCUT2D eigenvalue weighted by Crippen LogP contribution is 2.09. The van der Waals surface area contributed by atoms with Crippen molar-refractivity contribution < 1.29 is 9.90 Å². The van der Waals surface area contributed by atoms with Crippen LogP contribution < -0.4 is 0 Å². The fourth-order valence-corrected chi connectivity index (χ4v) is 1.13. The molecule has 0 aromatic heterocycles. The first kappa shape index (κ1) is 11.8. The maximum atomic E-state index is 10.8. The number of rotatable bonds is 7. The Labute approximate surface area is 79.4 Å². The zero-order valence-corrected chi connectivity index (χ0v) is 8.07. The minimum absolute atomic E-state index is 0.519. The summed E-state index contributed by atoms with van der Waals surface area (Å²) in [5, 5.41) is 8.90. The number of carboxylic acid groups (broad SMARTS) is 1. The van der Waals surface area contributed by atoms with E-state index >= 15 is 0 Å². The predicted molar refractivity (Wildman–Crippen MR) is 53.2 cm³/mol. The smallest absolute Gasteiger partial charge is 0.326 e. The van der Waals surface area contributed by atoms with Crippen molar-refractivity contribution in [2.45, 2.75) is 32.2 Å². The van der Waals surface area contributed by atoms with Gasteiger partial charge in [0.25, 0.3) is 0 Å². The molecule has 0 saturated heterocycles. The molecular formula is C10H17NO2. The first-order valence-electron chi connectivity index (χ1n) is 4.42. The lowest BCUT2D eigenvalue weighted by Gasteiger charge is -2.22. The number of nitrogens with zero attached hydrogens (tertiary/aromatic N) is 1. The van der Waals surface area contributed by atoms with Crippen molar-refractivity contribution in [1.82, 2.24) is 4.90 Å². The predicted octanol–water partition coefficient (Wildman–Crippen LogP) is 2.22. The molecule has 0 spiro atoms. The van der Waals surface area contributed by atoms with Gasteiger partial charge in [-0.15, -0.1) is 0 Å². The Morgan fingerprint density at radius 1 is 1.54 bits per heavy atom. The van der Waals surface area contributed by atoms with Crippen LogP contribution in [-0.2, 0) is 4.79 Å². The normalized spacial score (nSPS) is 11.8. The molecule has 0 aliphatic carbocycles. The largest absolute Gasteiger partial charge is 0.480 e. The Morgan fingerprint density at radius 3 is 2.38 bits per heavy atom. The lowest BCUT2D eigenvalue weighted by atomic mass is 10.1. The first-order valence-corrected chi connectivity index (χ1v) is 4.42. The average molecular weight is 183 g/mol. The van der Waals surface area contributed by atoms with Crippen LogP contribution in [0.3, 0.4) is 0 Å². The molecule has 0 amide bonds. The Bertz CT molecular complexity index is 181. The van der Waals surface area contributed by atoms with Crippen molar-refractivity contribution in [3.63, 3.8) is 0 Å². The van der Waals surface area contributed by atoms with Gasteiger partial charge in [0.2, 0.25) is 0 Å². The molecule has 3 nitrogen and oxygen atoms in total. The summed E-state index contributed by atoms with van der Waals surface area (Å²) in [6.45, 7) is 9.10.